The molecule has 0 aliphatic carbocycles. The van der Waals surface area contributed by atoms with Crippen LogP contribution in [-0.4, -0.2) is 38.7 Å². The monoisotopic (exact) mass is 301 g/mol. The zero-order valence-electron chi connectivity index (χ0n) is 11.5. The Labute approximate surface area is 118 Å². The summed E-state index contributed by atoms with van der Waals surface area (Å²) in [5.74, 6) is -1.34. The third-order valence-corrected chi connectivity index (χ3v) is 3.96. The largest absolute Gasteiger partial charge is 0.478 e. The van der Waals surface area contributed by atoms with Gasteiger partial charge in [0, 0.05) is 12.6 Å². The Hall–Kier alpha value is -1.44. The molecule has 20 heavy (non-hydrogen) atoms. The van der Waals surface area contributed by atoms with Crippen molar-refractivity contribution in [3.8, 4) is 0 Å². The summed E-state index contributed by atoms with van der Waals surface area (Å²) in [5.41, 5.74) is 0.501. The zero-order chi connectivity index (χ0) is 15.2. The Morgan fingerprint density at radius 2 is 2.15 bits per heavy atom. The number of aromatic carboxylic acids is 1. The number of benzene rings is 1. The van der Waals surface area contributed by atoms with E-state index in [2.05, 4.69) is 4.72 Å². The van der Waals surface area contributed by atoms with E-state index in [1.165, 1.54) is 18.2 Å². The molecule has 7 heteroatoms. The van der Waals surface area contributed by atoms with Gasteiger partial charge in [0.25, 0.3) is 0 Å². The third kappa shape index (κ3) is 5.68. The van der Waals surface area contributed by atoms with Gasteiger partial charge in [-0.1, -0.05) is 12.1 Å². The first kappa shape index (κ1) is 16.6. The molecule has 0 bridgehead atoms. The van der Waals surface area contributed by atoms with Gasteiger partial charge in [0.2, 0.25) is 10.0 Å². The molecule has 0 aliphatic rings. The Kier molecular flexibility index (Phi) is 6.12. The fourth-order valence-corrected chi connectivity index (χ4v) is 3.07. The number of rotatable bonds is 8. The summed E-state index contributed by atoms with van der Waals surface area (Å²) in [5, 5.41) is 8.87. The molecule has 0 fully saturated rings. The third-order valence-electron chi connectivity index (χ3n) is 2.48. The second-order valence-corrected chi connectivity index (χ2v) is 6.20. The molecule has 0 spiro atoms. The molecule has 0 saturated heterocycles. The molecule has 112 valence electrons. The van der Waals surface area contributed by atoms with Gasteiger partial charge in [0.05, 0.1) is 17.9 Å². The first-order valence-corrected chi connectivity index (χ1v) is 7.89. The molecular formula is C13H19NO5S. The van der Waals surface area contributed by atoms with Gasteiger partial charge in [-0.15, -0.1) is 0 Å². The fraction of sp³-hybridized carbons (Fsp3) is 0.462. The van der Waals surface area contributed by atoms with E-state index in [1.807, 2.05) is 6.92 Å². The lowest BCUT2D eigenvalue weighted by Crippen LogP contribution is -2.36. The van der Waals surface area contributed by atoms with Crippen molar-refractivity contribution in [2.75, 3.05) is 13.2 Å². The molecule has 0 amide bonds. The molecule has 2 N–H and O–H groups in total. The van der Waals surface area contributed by atoms with Crippen LogP contribution in [0.15, 0.2) is 24.3 Å². The van der Waals surface area contributed by atoms with Crippen molar-refractivity contribution in [3.05, 3.63) is 35.4 Å². The van der Waals surface area contributed by atoms with Crippen LogP contribution in [0, 0.1) is 0 Å². The van der Waals surface area contributed by atoms with E-state index < -0.39 is 16.0 Å². The summed E-state index contributed by atoms with van der Waals surface area (Å²) < 4.78 is 31.5. The van der Waals surface area contributed by atoms with E-state index in [1.54, 1.807) is 13.0 Å². The summed E-state index contributed by atoms with van der Waals surface area (Å²) in [4.78, 5) is 10.8. The fourth-order valence-electron chi connectivity index (χ4n) is 1.69. The highest BCUT2D eigenvalue weighted by Gasteiger charge is 2.16. The highest BCUT2D eigenvalue weighted by Crippen LogP contribution is 2.09. The smallest absolute Gasteiger partial charge is 0.335 e. The molecule has 0 heterocycles. The van der Waals surface area contributed by atoms with Crippen molar-refractivity contribution in [3.63, 3.8) is 0 Å². The van der Waals surface area contributed by atoms with Gasteiger partial charge in [-0.2, -0.15) is 0 Å². The normalized spacial score (nSPS) is 13.1. The first-order valence-electron chi connectivity index (χ1n) is 6.24. The number of hydrogen-bond acceptors (Lipinski definition) is 4. The molecule has 1 aromatic rings. The standard InChI is InChI=1S/C13H19NO5S/c1-3-19-8-10(2)14-20(17,18)9-11-5-4-6-12(7-11)13(15)16/h4-7,10,14H,3,8-9H2,1-2H3,(H,15,16). The molecule has 1 rings (SSSR count). The second-order valence-electron chi connectivity index (χ2n) is 4.44. The zero-order valence-corrected chi connectivity index (χ0v) is 12.3. The lowest BCUT2D eigenvalue weighted by atomic mass is 10.1. The van der Waals surface area contributed by atoms with Crippen molar-refractivity contribution in [2.24, 2.45) is 0 Å². The Bertz CT molecular complexity index is 556. The van der Waals surface area contributed by atoms with Gasteiger partial charge in [0.1, 0.15) is 0 Å². The van der Waals surface area contributed by atoms with Gasteiger partial charge in [-0.3, -0.25) is 0 Å². The summed E-state index contributed by atoms with van der Waals surface area (Å²) >= 11 is 0. The minimum absolute atomic E-state index is 0.0695. The van der Waals surface area contributed by atoms with Crippen LogP contribution in [0.25, 0.3) is 0 Å². The van der Waals surface area contributed by atoms with E-state index in [9.17, 15) is 13.2 Å². The maximum atomic E-state index is 11.9. The molecule has 0 radical (unpaired) electrons. The maximum absolute atomic E-state index is 11.9. The second kappa shape index (κ2) is 7.37. The molecular weight excluding hydrogens is 282 g/mol. The molecule has 1 unspecified atom stereocenters. The minimum Gasteiger partial charge on any atom is -0.478 e. The predicted octanol–water partition coefficient (Wildman–Crippen LogP) is 1.23. The number of carbonyl (C=O) groups is 1. The van der Waals surface area contributed by atoms with Crippen molar-refractivity contribution in [1.29, 1.82) is 0 Å². The van der Waals surface area contributed by atoms with Crippen molar-refractivity contribution in [2.45, 2.75) is 25.6 Å². The molecule has 6 nitrogen and oxygen atoms in total. The molecule has 1 atom stereocenters. The Morgan fingerprint density at radius 1 is 1.45 bits per heavy atom. The summed E-state index contributed by atoms with van der Waals surface area (Å²) in [6.07, 6.45) is 0. The van der Waals surface area contributed by atoms with E-state index in [-0.39, 0.29) is 17.4 Å². The number of hydrogen-bond donors (Lipinski definition) is 2. The van der Waals surface area contributed by atoms with Crippen molar-refractivity contribution >= 4 is 16.0 Å². The average molecular weight is 301 g/mol. The van der Waals surface area contributed by atoms with Gasteiger partial charge in [0.15, 0.2) is 0 Å². The summed E-state index contributed by atoms with van der Waals surface area (Å²) in [7, 11) is -3.53. The average Bonchev–Trinajstić information content (AvgIpc) is 2.35. The summed E-state index contributed by atoms with van der Waals surface area (Å²) in [6.45, 7) is 4.36. The van der Waals surface area contributed by atoms with Crippen molar-refractivity contribution < 1.29 is 23.1 Å². The van der Waals surface area contributed by atoms with Crippen LogP contribution in [0.3, 0.4) is 0 Å². The van der Waals surface area contributed by atoms with E-state index in [4.69, 9.17) is 9.84 Å². The number of carboxylic acids is 1. The van der Waals surface area contributed by atoms with Crippen LogP contribution in [0.1, 0.15) is 29.8 Å². The lowest BCUT2D eigenvalue weighted by molar-refractivity contribution is 0.0696. The van der Waals surface area contributed by atoms with Crippen LogP contribution in [-0.2, 0) is 20.5 Å². The molecule has 1 aromatic carbocycles. The van der Waals surface area contributed by atoms with Crippen molar-refractivity contribution in [1.82, 2.24) is 4.72 Å². The predicted molar refractivity (Wildman–Crippen MR) is 75.1 cm³/mol. The van der Waals surface area contributed by atoms with Crippen LogP contribution < -0.4 is 4.72 Å². The van der Waals surface area contributed by atoms with Gasteiger partial charge in [-0.25, -0.2) is 17.9 Å². The minimum atomic E-state index is -3.53. The van der Waals surface area contributed by atoms with Crippen LogP contribution in [0.5, 0.6) is 0 Å². The SMILES string of the molecule is CCOCC(C)NS(=O)(=O)Cc1cccc(C(=O)O)c1. The highest BCUT2D eigenvalue weighted by molar-refractivity contribution is 7.88. The van der Waals surface area contributed by atoms with E-state index >= 15 is 0 Å². The molecule has 0 saturated carbocycles. The van der Waals surface area contributed by atoms with Gasteiger partial charge < -0.3 is 9.84 Å². The maximum Gasteiger partial charge on any atom is 0.335 e. The lowest BCUT2D eigenvalue weighted by Gasteiger charge is -2.14. The first-order chi connectivity index (χ1) is 9.34. The Morgan fingerprint density at radius 3 is 2.75 bits per heavy atom. The number of carboxylic acid groups (broad SMARTS) is 1. The number of sulfonamides is 1. The van der Waals surface area contributed by atoms with Crippen LogP contribution in [0.4, 0.5) is 0 Å². The number of ether oxygens (including phenoxy) is 1. The van der Waals surface area contributed by atoms with E-state index in [0.29, 0.717) is 18.8 Å². The molecule has 0 aliphatic heterocycles. The quantitative estimate of drug-likeness (QED) is 0.753. The van der Waals surface area contributed by atoms with Crippen LogP contribution >= 0.6 is 0 Å². The summed E-state index contributed by atoms with van der Waals surface area (Å²) in [6, 6.07) is 5.55. The molecule has 0 aromatic heterocycles. The number of nitrogens with one attached hydrogen (secondary N) is 1. The van der Waals surface area contributed by atoms with Gasteiger partial charge in [-0.05, 0) is 31.5 Å². The van der Waals surface area contributed by atoms with E-state index in [0.717, 1.165) is 0 Å². The van der Waals surface area contributed by atoms with Crippen LogP contribution in [0.2, 0.25) is 0 Å². The highest BCUT2D eigenvalue weighted by atomic mass is 32.2. The topological polar surface area (TPSA) is 92.7 Å². The Balaban J connectivity index is 2.71. The van der Waals surface area contributed by atoms with Gasteiger partial charge >= 0.3 is 5.97 Å².